The molecular formula is C24H42B2O8. The van der Waals surface area contributed by atoms with Gasteiger partial charge in [0.15, 0.2) is 5.41 Å². The molecule has 10 heteroatoms. The molecule has 0 amide bonds. The summed E-state index contributed by atoms with van der Waals surface area (Å²) < 4.78 is 34.7. The number of rotatable bonds is 7. The van der Waals surface area contributed by atoms with E-state index in [1.54, 1.807) is 0 Å². The summed E-state index contributed by atoms with van der Waals surface area (Å²) in [7, 11) is 1.94. The van der Waals surface area contributed by atoms with Gasteiger partial charge in [-0.25, -0.2) is 0 Å². The Balaban J connectivity index is 1.78. The predicted molar refractivity (Wildman–Crippen MR) is 129 cm³/mol. The van der Waals surface area contributed by atoms with E-state index >= 15 is 0 Å². The fraction of sp³-hybridized carbons (Fsp3) is 0.917. The van der Waals surface area contributed by atoms with Crippen molar-refractivity contribution in [3.05, 3.63) is 0 Å². The molecule has 1 saturated carbocycles. The third-order valence-electron chi connectivity index (χ3n) is 7.54. The Labute approximate surface area is 205 Å². The van der Waals surface area contributed by atoms with E-state index in [0.29, 0.717) is 25.5 Å². The molecule has 192 valence electrons. The van der Waals surface area contributed by atoms with Crippen molar-refractivity contribution in [2.45, 2.75) is 110 Å². The van der Waals surface area contributed by atoms with Gasteiger partial charge in [0.25, 0.3) is 0 Å². The first kappa shape index (κ1) is 27.5. The SMILES string of the molecule is COC(=O)C1(C(=O)OC)C[C@H](CCB2OC(C)CC(C)(C)O2)[C@@H](CB2OC(C)CC(C)(C)O2)C1. The minimum atomic E-state index is -1.31. The minimum absolute atomic E-state index is 0.0262. The van der Waals surface area contributed by atoms with Gasteiger partial charge < -0.3 is 28.1 Å². The number of esters is 2. The summed E-state index contributed by atoms with van der Waals surface area (Å²) in [5.41, 5.74) is -1.84. The van der Waals surface area contributed by atoms with Gasteiger partial charge in [0, 0.05) is 12.2 Å². The fourth-order valence-corrected chi connectivity index (χ4v) is 6.42. The van der Waals surface area contributed by atoms with Crippen molar-refractivity contribution in [2.24, 2.45) is 17.3 Å². The van der Waals surface area contributed by atoms with Crippen LogP contribution in [0.15, 0.2) is 0 Å². The second-order valence-corrected chi connectivity index (χ2v) is 11.7. The molecule has 0 aromatic heterocycles. The van der Waals surface area contributed by atoms with Gasteiger partial charge in [-0.05, 0) is 91.7 Å². The summed E-state index contributed by atoms with van der Waals surface area (Å²) in [4.78, 5) is 25.7. The molecule has 0 radical (unpaired) electrons. The zero-order valence-electron chi connectivity index (χ0n) is 22.2. The molecule has 4 atom stereocenters. The van der Waals surface area contributed by atoms with E-state index in [1.807, 2.05) is 0 Å². The van der Waals surface area contributed by atoms with E-state index in [2.05, 4.69) is 41.5 Å². The maximum Gasteiger partial charge on any atom is 0.457 e. The normalized spacial score (nSPS) is 32.4. The lowest BCUT2D eigenvalue weighted by Gasteiger charge is -2.39. The Morgan fingerprint density at radius 3 is 1.76 bits per heavy atom. The average molecular weight is 480 g/mol. The number of methoxy groups -OCH3 is 2. The summed E-state index contributed by atoms with van der Waals surface area (Å²) in [6.07, 6.45) is 4.60. The van der Waals surface area contributed by atoms with Crippen LogP contribution in [0.25, 0.3) is 0 Å². The largest absolute Gasteiger partial charge is 0.468 e. The molecule has 0 bridgehead atoms. The Kier molecular flexibility index (Phi) is 8.48. The summed E-state index contributed by atoms with van der Waals surface area (Å²) in [5.74, 6) is -0.978. The van der Waals surface area contributed by atoms with Crippen LogP contribution in [0, 0.1) is 17.3 Å². The average Bonchev–Trinajstić information content (AvgIpc) is 3.07. The van der Waals surface area contributed by atoms with Crippen LogP contribution in [0.3, 0.4) is 0 Å². The molecule has 1 aliphatic carbocycles. The van der Waals surface area contributed by atoms with Crippen molar-refractivity contribution in [1.82, 2.24) is 0 Å². The lowest BCUT2D eigenvalue weighted by Crippen LogP contribution is -2.47. The number of carbonyl (C=O) groups is 2. The Morgan fingerprint density at radius 2 is 1.26 bits per heavy atom. The van der Waals surface area contributed by atoms with Gasteiger partial charge in [-0.15, -0.1) is 0 Å². The van der Waals surface area contributed by atoms with Gasteiger partial charge >= 0.3 is 26.2 Å². The standard InChI is InChI=1S/C24H42B2O8/c1-16-11-22(3,4)33-25(31-16)10-9-18-13-24(20(27)29-7,21(28)30-8)14-19(18)15-26-32-17(2)12-23(5,6)34-26/h16-19H,9-15H2,1-8H3/t16?,17?,18-,19+/m0/s1. The summed E-state index contributed by atoms with van der Waals surface area (Å²) in [5, 5.41) is 0. The summed E-state index contributed by atoms with van der Waals surface area (Å²) in [6, 6.07) is 0. The van der Waals surface area contributed by atoms with Gasteiger partial charge in [0.1, 0.15) is 0 Å². The Bertz CT molecular complexity index is 726. The van der Waals surface area contributed by atoms with Crippen LogP contribution < -0.4 is 0 Å². The van der Waals surface area contributed by atoms with Crippen LogP contribution in [0.1, 0.15) is 73.6 Å². The maximum absolute atomic E-state index is 12.9. The molecule has 0 aromatic carbocycles. The Morgan fingerprint density at radius 1 is 0.794 bits per heavy atom. The molecule has 34 heavy (non-hydrogen) atoms. The number of carbonyl (C=O) groups excluding carboxylic acids is 2. The van der Waals surface area contributed by atoms with Gasteiger partial charge in [-0.1, -0.05) is 6.42 Å². The molecular weight excluding hydrogens is 438 g/mol. The highest BCUT2D eigenvalue weighted by atomic mass is 16.6. The fourth-order valence-electron chi connectivity index (χ4n) is 6.42. The van der Waals surface area contributed by atoms with E-state index in [-0.39, 0.29) is 42.4 Å². The highest BCUT2D eigenvalue weighted by Gasteiger charge is 2.58. The third kappa shape index (κ3) is 6.37. The first-order valence-electron chi connectivity index (χ1n) is 12.6. The van der Waals surface area contributed by atoms with Gasteiger partial charge in [-0.2, -0.15) is 0 Å². The lowest BCUT2D eigenvalue weighted by atomic mass is 9.68. The maximum atomic E-state index is 12.9. The third-order valence-corrected chi connectivity index (χ3v) is 7.54. The molecule has 0 spiro atoms. The van der Waals surface area contributed by atoms with Gasteiger partial charge in [-0.3, -0.25) is 9.59 Å². The molecule has 2 aliphatic heterocycles. The predicted octanol–water partition coefficient (Wildman–Crippen LogP) is 3.92. The van der Waals surface area contributed by atoms with Crippen molar-refractivity contribution in [3.63, 3.8) is 0 Å². The van der Waals surface area contributed by atoms with E-state index in [4.69, 9.17) is 28.1 Å². The number of hydrogen-bond acceptors (Lipinski definition) is 8. The van der Waals surface area contributed by atoms with Crippen molar-refractivity contribution in [3.8, 4) is 0 Å². The van der Waals surface area contributed by atoms with Crippen LogP contribution in [0.4, 0.5) is 0 Å². The van der Waals surface area contributed by atoms with Crippen LogP contribution in [-0.2, 0) is 37.7 Å². The number of hydrogen-bond donors (Lipinski definition) is 0. The van der Waals surface area contributed by atoms with Crippen molar-refractivity contribution in [2.75, 3.05) is 14.2 Å². The van der Waals surface area contributed by atoms with Gasteiger partial charge in [0.05, 0.1) is 25.4 Å². The molecule has 2 saturated heterocycles. The molecule has 2 unspecified atom stereocenters. The molecule has 3 rings (SSSR count). The molecule has 3 fully saturated rings. The first-order valence-corrected chi connectivity index (χ1v) is 12.6. The highest BCUT2D eigenvalue weighted by molar-refractivity contribution is 6.45. The lowest BCUT2D eigenvalue weighted by molar-refractivity contribution is -0.169. The van der Waals surface area contributed by atoms with E-state index < -0.39 is 24.5 Å². The van der Waals surface area contributed by atoms with E-state index in [9.17, 15) is 9.59 Å². The summed E-state index contributed by atoms with van der Waals surface area (Å²) in [6.45, 7) is 12.4. The van der Waals surface area contributed by atoms with Crippen molar-refractivity contribution in [1.29, 1.82) is 0 Å². The molecule has 8 nitrogen and oxygen atoms in total. The van der Waals surface area contributed by atoms with Gasteiger partial charge in [0.2, 0.25) is 0 Å². The first-order chi connectivity index (χ1) is 15.8. The monoisotopic (exact) mass is 480 g/mol. The zero-order chi connectivity index (χ0) is 25.3. The van der Waals surface area contributed by atoms with Crippen molar-refractivity contribution >= 4 is 26.2 Å². The quantitative estimate of drug-likeness (QED) is 0.308. The van der Waals surface area contributed by atoms with E-state index in [1.165, 1.54) is 14.2 Å². The smallest absolute Gasteiger partial charge is 0.457 e. The zero-order valence-corrected chi connectivity index (χ0v) is 22.2. The van der Waals surface area contributed by atoms with Crippen LogP contribution in [0.2, 0.25) is 12.6 Å². The van der Waals surface area contributed by atoms with E-state index in [0.717, 1.165) is 19.3 Å². The molecule has 2 heterocycles. The number of ether oxygens (including phenoxy) is 2. The molecule has 0 aromatic rings. The topological polar surface area (TPSA) is 89.5 Å². The molecule has 3 aliphatic rings. The van der Waals surface area contributed by atoms with Crippen molar-refractivity contribution < 1.29 is 37.7 Å². The highest BCUT2D eigenvalue weighted by Crippen LogP contribution is 2.52. The summed E-state index contributed by atoms with van der Waals surface area (Å²) >= 11 is 0. The Hall–Kier alpha value is -1.09. The van der Waals surface area contributed by atoms with Crippen LogP contribution in [0.5, 0.6) is 0 Å². The minimum Gasteiger partial charge on any atom is -0.468 e. The molecule has 0 N–H and O–H groups in total. The van der Waals surface area contributed by atoms with Crippen LogP contribution in [-0.4, -0.2) is 63.8 Å². The second kappa shape index (κ2) is 10.5. The van der Waals surface area contributed by atoms with Crippen LogP contribution >= 0.6 is 0 Å². The second-order valence-electron chi connectivity index (χ2n) is 11.7.